The Kier molecular flexibility index (Phi) is 7.27. The van der Waals surface area contributed by atoms with Gasteiger partial charge in [0.1, 0.15) is 0 Å². The normalized spacial score (nSPS) is 21.0. The number of carbonyl (C=O) groups is 3. The molecule has 0 aliphatic heterocycles. The number of esters is 1. The van der Waals surface area contributed by atoms with Gasteiger partial charge in [-0.05, 0) is 48.6 Å². The summed E-state index contributed by atoms with van der Waals surface area (Å²) in [6, 6.07) is 13.0. The summed E-state index contributed by atoms with van der Waals surface area (Å²) in [5, 5.41) is 3.50. The third kappa shape index (κ3) is 5.28. The highest BCUT2D eigenvalue weighted by atomic mass is 35.5. The Bertz CT molecular complexity index is 925. The number of amides is 1. The Morgan fingerprint density at radius 1 is 1.00 bits per heavy atom. The highest BCUT2D eigenvalue weighted by molar-refractivity contribution is 6.30. The van der Waals surface area contributed by atoms with Crippen LogP contribution in [0.4, 0.5) is 0 Å². The number of benzene rings is 2. The number of ketones is 1. The average Bonchev–Trinajstić information content (AvgIpc) is 2.75. The molecular formula is C24H26ClNO4. The minimum Gasteiger partial charge on any atom is -0.452 e. The van der Waals surface area contributed by atoms with E-state index in [9.17, 15) is 14.4 Å². The van der Waals surface area contributed by atoms with Gasteiger partial charge in [-0.2, -0.15) is 0 Å². The van der Waals surface area contributed by atoms with Crippen LogP contribution in [0.3, 0.4) is 0 Å². The SMILES string of the molecule is C[C@H]1[C@H](C)CCC[C@@H]1NC(=O)COC(=O)c1ccccc1C(=O)c1ccc(Cl)cc1. The quantitative estimate of drug-likeness (QED) is 0.537. The molecule has 0 heterocycles. The fourth-order valence-corrected chi connectivity index (χ4v) is 3.98. The third-order valence-electron chi connectivity index (χ3n) is 5.89. The van der Waals surface area contributed by atoms with Crippen LogP contribution in [0, 0.1) is 11.8 Å². The lowest BCUT2D eigenvalue weighted by molar-refractivity contribution is -0.125. The zero-order valence-electron chi connectivity index (χ0n) is 17.2. The summed E-state index contributed by atoms with van der Waals surface area (Å²) in [4.78, 5) is 37.7. The molecule has 3 rings (SSSR count). The monoisotopic (exact) mass is 427 g/mol. The van der Waals surface area contributed by atoms with E-state index in [1.165, 1.54) is 12.5 Å². The highest BCUT2D eigenvalue weighted by Crippen LogP contribution is 2.29. The van der Waals surface area contributed by atoms with Gasteiger partial charge in [0.15, 0.2) is 12.4 Å². The first-order valence-corrected chi connectivity index (χ1v) is 10.6. The van der Waals surface area contributed by atoms with E-state index >= 15 is 0 Å². The zero-order chi connectivity index (χ0) is 21.7. The van der Waals surface area contributed by atoms with Crippen LogP contribution in [0.15, 0.2) is 48.5 Å². The molecule has 5 nitrogen and oxygen atoms in total. The maximum absolute atomic E-state index is 12.8. The molecule has 0 aromatic heterocycles. The van der Waals surface area contributed by atoms with Crippen molar-refractivity contribution >= 4 is 29.3 Å². The van der Waals surface area contributed by atoms with E-state index in [4.69, 9.17) is 16.3 Å². The van der Waals surface area contributed by atoms with Gasteiger partial charge in [0.25, 0.3) is 5.91 Å². The topological polar surface area (TPSA) is 72.5 Å². The van der Waals surface area contributed by atoms with E-state index in [0.717, 1.165) is 12.8 Å². The summed E-state index contributed by atoms with van der Waals surface area (Å²) < 4.78 is 5.22. The number of nitrogens with one attached hydrogen (secondary N) is 1. The van der Waals surface area contributed by atoms with E-state index in [2.05, 4.69) is 19.2 Å². The van der Waals surface area contributed by atoms with Gasteiger partial charge in [0, 0.05) is 22.2 Å². The molecule has 2 aromatic carbocycles. The van der Waals surface area contributed by atoms with Crippen LogP contribution < -0.4 is 5.32 Å². The highest BCUT2D eigenvalue weighted by Gasteiger charge is 2.28. The molecule has 0 bridgehead atoms. The molecule has 0 unspecified atom stereocenters. The second kappa shape index (κ2) is 9.90. The first-order valence-electron chi connectivity index (χ1n) is 10.2. The Hall–Kier alpha value is -2.66. The van der Waals surface area contributed by atoms with Crippen LogP contribution in [-0.4, -0.2) is 30.3 Å². The Morgan fingerprint density at radius 3 is 2.37 bits per heavy atom. The van der Waals surface area contributed by atoms with Gasteiger partial charge in [0.05, 0.1) is 5.56 Å². The van der Waals surface area contributed by atoms with Crippen molar-refractivity contribution in [2.45, 2.75) is 39.2 Å². The maximum Gasteiger partial charge on any atom is 0.339 e. The van der Waals surface area contributed by atoms with Gasteiger partial charge < -0.3 is 10.1 Å². The Balaban J connectivity index is 1.64. The Morgan fingerprint density at radius 2 is 1.67 bits per heavy atom. The molecule has 0 radical (unpaired) electrons. The fourth-order valence-electron chi connectivity index (χ4n) is 3.86. The number of rotatable bonds is 6. The Labute approximate surface area is 181 Å². The summed E-state index contributed by atoms with van der Waals surface area (Å²) >= 11 is 5.88. The van der Waals surface area contributed by atoms with Gasteiger partial charge in [-0.3, -0.25) is 9.59 Å². The van der Waals surface area contributed by atoms with Crippen molar-refractivity contribution < 1.29 is 19.1 Å². The van der Waals surface area contributed by atoms with Crippen molar-refractivity contribution in [1.82, 2.24) is 5.32 Å². The van der Waals surface area contributed by atoms with Crippen molar-refractivity contribution in [3.8, 4) is 0 Å². The molecule has 1 saturated carbocycles. The first-order chi connectivity index (χ1) is 14.4. The molecule has 0 saturated heterocycles. The molecule has 1 fully saturated rings. The van der Waals surface area contributed by atoms with Crippen molar-refractivity contribution in [3.05, 3.63) is 70.2 Å². The maximum atomic E-state index is 12.8. The fraction of sp³-hybridized carbons (Fsp3) is 0.375. The molecule has 30 heavy (non-hydrogen) atoms. The number of ether oxygens (including phenoxy) is 1. The first kappa shape index (κ1) is 22.0. The van der Waals surface area contributed by atoms with Crippen LogP contribution in [0.1, 0.15) is 59.4 Å². The van der Waals surface area contributed by atoms with Crippen molar-refractivity contribution in [1.29, 1.82) is 0 Å². The smallest absolute Gasteiger partial charge is 0.339 e. The summed E-state index contributed by atoms with van der Waals surface area (Å²) in [6.45, 7) is 3.96. The summed E-state index contributed by atoms with van der Waals surface area (Å²) in [5.41, 5.74) is 0.766. The number of halogens is 1. The van der Waals surface area contributed by atoms with Gasteiger partial charge in [-0.1, -0.05) is 56.5 Å². The second-order valence-electron chi connectivity index (χ2n) is 7.90. The molecule has 1 aliphatic rings. The lowest BCUT2D eigenvalue weighted by Gasteiger charge is -2.34. The molecule has 1 aliphatic carbocycles. The number of hydrogen-bond acceptors (Lipinski definition) is 4. The predicted octanol–water partition coefficient (Wildman–Crippen LogP) is 4.67. The van der Waals surface area contributed by atoms with Crippen LogP contribution in [-0.2, 0) is 9.53 Å². The van der Waals surface area contributed by atoms with Crippen LogP contribution in [0.25, 0.3) is 0 Å². The van der Waals surface area contributed by atoms with E-state index in [0.29, 0.717) is 22.4 Å². The van der Waals surface area contributed by atoms with Crippen molar-refractivity contribution in [2.75, 3.05) is 6.61 Å². The molecule has 158 valence electrons. The number of hydrogen-bond donors (Lipinski definition) is 1. The summed E-state index contributed by atoms with van der Waals surface area (Å²) in [5.74, 6) is -0.397. The molecular weight excluding hydrogens is 402 g/mol. The lowest BCUT2D eigenvalue weighted by Crippen LogP contribution is -2.45. The van der Waals surface area contributed by atoms with E-state index in [1.807, 2.05) is 0 Å². The van der Waals surface area contributed by atoms with Crippen LogP contribution >= 0.6 is 11.6 Å². The number of carbonyl (C=O) groups excluding carboxylic acids is 3. The van der Waals surface area contributed by atoms with Crippen molar-refractivity contribution in [2.24, 2.45) is 11.8 Å². The second-order valence-corrected chi connectivity index (χ2v) is 8.34. The van der Waals surface area contributed by atoms with Crippen LogP contribution in [0.5, 0.6) is 0 Å². The van der Waals surface area contributed by atoms with Gasteiger partial charge >= 0.3 is 5.97 Å². The third-order valence-corrected chi connectivity index (χ3v) is 6.14. The van der Waals surface area contributed by atoms with E-state index < -0.39 is 5.97 Å². The minimum atomic E-state index is -0.701. The standard InChI is InChI=1S/C24H26ClNO4/c1-15-6-5-9-21(16(15)2)26-22(27)14-30-24(29)20-8-4-3-7-19(20)23(28)17-10-12-18(25)13-11-17/h3-4,7-8,10-13,15-16,21H,5-6,9,14H2,1-2H3,(H,26,27)/t15-,16+,21+/m1/s1. The van der Waals surface area contributed by atoms with E-state index in [1.54, 1.807) is 42.5 Å². The molecule has 2 aromatic rings. The van der Waals surface area contributed by atoms with Crippen molar-refractivity contribution in [3.63, 3.8) is 0 Å². The van der Waals surface area contributed by atoms with E-state index in [-0.39, 0.29) is 35.5 Å². The summed E-state index contributed by atoms with van der Waals surface area (Å²) in [6.07, 6.45) is 3.18. The molecule has 3 atom stereocenters. The average molecular weight is 428 g/mol. The molecule has 6 heteroatoms. The van der Waals surface area contributed by atoms with Crippen LogP contribution in [0.2, 0.25) is 5.02 Å². The zero-order valence-corrected chi connectivity index (χ0v) is 17.9. The van der Waals surface area contributed by atoms with Gasteiger partial charge in [0.2, 0.25) is 0 Å². The lowest BCUT2D eigenvalue weighted by atomic mass is 9.78. The largest absolute Gasteiger partial charge is 0.452 e. The predicted molar refractivity (Wildman–Crippen MR) is 116 cm³/mol. The molecule has 0 spiro atoms. The van der Waals surface area contributed by atoms with Gasteiger partial charge in [-0.15, -0.1) is 0 Å². The van der Waals surface area contributed by atoms with Gasteiger partial charge in [-0.25, -0.2) is 4.79 Å². The minimum absolute atomic E-state index is 0.0960. The summed E-state index contributed by atoms with van der Waals surface area (Å²) in [7, 11) is 0. The molecule has 1 amide bonds. The molecule has 1 N–H and O–H groups in total.